The van der Waals surface area contributed by atoms with Crippen molar-refractivity contribution in [3.63, 3.8) is 0 Å². The van der Waals surface area contributed by atoms with E-state index in [-0.39, 0.29) is 18.3 Å². The summed E-state index contributed by atoms with van der Waals surface area (Å²) in [5.74, 6) is -0.273. The molecule has 0 aliphatic heterocycles. The first-order chi connectivity index (χ1) is 9.82. The van der Waals surface area contributed by atoms with Crippen molar-refractivity contribution >= 4 is 39.0 Å². The maximum atomic E-state index is 11.8. The molecule has 0 atom stereocenters. The van der Waals surface area contributed by atoms with E-state index in [0.717, 1.165) is 6.26 Å². The Labute approximate surface area is 126 Å². The lowest BCUT2D eigenvalue weighted by molar-refractivity contribution is -0.116. The number of nitrogens with one attached hydrogen (secondary N) is 2. The molecular weight excluding hydrogens is 318 g/mol. The highest BCUT2D eigenvalue weighted by Gasteiger charge is 2.09. The van der Waals surface area contributed by atoms with Crippen molar-refractivity contribution in [3.8, 4) is 0 Å². The van der Waals surface area contributed by atoms with E-state index in [1.165, 1.54) is 10.9 Å². The first-order valence-corrected chi connectivity index (χ1v) is 8.02. The van der Waals surface area contributed by atoms with Crippen LogP contribution in [0.5, 0.6) is 0 Å². The largest absolute Gasteiger partial charge is 0.324 e. The van der Waals surface area contributed by atoms with Gasteiger partial charge in [0.1, 0.15) is 6.54 Å². The van der Waals surface area contributed by atoms with Gasteiger partial charge in [-0.2, -0.15) is 0 Å². The molecule has 1 aromatic heterocycles. The molecule has 1 aromatic carbocycles. The normalized spacial score (nSPS) is 11.1. The average Bonchev–Trinajstić information content (AvgIpc) is 2.77. The van der Waals surface area contributed by atoms with E-state index < -0.39 is 10.0 Å². The molecule has 0 fully saturated rings. The van der Waals surface area contributed by atoms with E-state index in [1.807, 2.05) is 0 Å². The molecule has 112 valence electrons. The van der Waals surface area contributed by atoms with Crippen LogP contribution in [0.25, 0.3) is 0 Å². The van der Waals surface area contributed by atoms with Crippen LogP contribution in [0.15, 0.2) is 30.5 Å². The van der Waals surface area contributed by atoms with Crippen molar-refractivity contribution in [1.29, 1.82) is 0 Å². The fraction of sp³-hybridized carbons (Fsp3) is 0.182. The van der Waals surface area contributed by atoms with E-state index in [1.54, 1.807) is 24.3 Å². The number of sulfonamides is 1. The van der Waals surface area contributed by atoms with Crippen molar-refractivity contribution in [2.45, 2.75) is 6.54 Å². The van der Waals surface area contributed by atoms with Crippen molar-refractivity contribution in [2.24, 2.45) is 0 Å². The lowest BCUT2D eigenvalue weighted by atomic mass is 10.3. The third kappa shape index (κ3) is 5.04. The quantitative estimate of drug-likeness (QED) is 0.849. The number of rotatable bonds is 5. The number of halogens is 1. The molecule has 10 heteroatoms. The summed E-state index contributed by atoms with van der Waals surface area (Å²) in [6, 6.07) is 6.64. The minimum atomic E-state index is -3.42. The first kappa shape index (κ1) is 15.3. The first-order valence-electron chi connectivity index (χ1n) is 5.75. The molecule has 1 heterocycles. The maximum absolute atomic E-state index is 11.8. The Morgan fingerprint density at radius 2 is 2.00 bits per heavy atom. The molecule has 0 bridgehead atoms. The second kappa shape index (κ2) is 6.10. The number of nitrogens with zero attached hydrogens (tertiary/aromatic N) is 3. The van der Waals surface area contributed by atoms with Gasteiger partial charge in [0.05, 0.1) is 12.5 Å². The van der Waals surface area contributed by atoms with Crippen molar-refractivity contribution < 1.29 is 13.2 Å². The standard InChI is InChI=1S/C11H12ClN5O3S/c1-21(19,20)15-10-6-17(16-14-10)7-11(18)13-9-4-2-8(12)3-5-9/h2-6,15H,7H2,1H3,(H,13,18). The van der Waals surface area contributed by atoms with Gasteiger partial charge in [0.15, 0.2) is 5.82 Å². The van der Waals surface area contributed by atoms with E-state index in [2.05, 4.69) is 20.4 Å². The summed E-state index contributed by atoms with van der Waals surface area (Å²) in [4.78, 5) is 11.8. The van der Waals surface area contributed by atoms with E-state index in [9.17, 15) is 13.2 Å². The number of aromatic nitrogens is 3. The lowest BCUT2D eigenvalue weighted by Crippen LogP contribution is -2.19. The zero-order valence-electron chi connectivity index (χ0n) is 10.9. The zero-order valence-corrected chi connectivity index (χ0v) is 12.5. The average molecular weight is 330 g/mol. The van der Waals surface area contributed by atoms with Gasteiger partial charge in [-0.1, -0.05) is 16.8 Å². The second-order valence-electron chi connectivity index (χ2n) is 4.23. The summed E-state index contributed by atoms with van der Waals surface area (Å²) in [5, 5.41) is 10.5. The number of carbonyl (C=O) groups is 1. The van der Waals surface area contributed by atoms with Crippen LogP contribution in [-0.4, -0.2) is 35.6 Å². The summed E-state index contributed by atoms with van der Waals surface area (Å²) >= 11 is 5.74. The van der Waals surface area contributed by atoms with Gasteiger partial charge in [0.25, 0.3) is 0 Å². The van der Waals surface area contributed by atoms with Gasteiger partial charge in [0, 0.05) is 10.7 Å². The Morgan fingerprint density at radius 3 is 2.62 bits per heavy atom. The lowest BCUT2D eigenvalue weighted by Gasteiger charge is -2.04. The van der Waals surface area contributed by atoms with Gasteiger partial charge in [-0.3, -0.25) is 9.52 Å². The van der Waals surface area contributed by atoms with E-state index >= 15 is 0 Å². The summed E-state index contributed by atoms with van der Waals surface area (Å²) in [6.07, 6.45) is 2.32. The van der Waals surface area contributed by atoms with Gasteiger partial charge in [-0.25, -0.2) is 13.1 Å². The Morgan fingerprint density at radius 1 is 1.33 bits per heavy atom. The van der Waals surface area contributed by atoms with Gasteiger partial charge in [-0.15, -0.1) is 5.10 Å². The molecular formula is C11H12ClN5O3S. The van der Waals surface area contributed by atoms with E-state index in [4.69, 9.17) is 11.6 Å². The van der Waals surface area contributed by atoms with Gasteiger partial charge in [0.2, 0.25) is 15.9 Å². The van der Waals surface area contributed by atoms with Crippen LogP contribution in [0, 0.1) is 0 Å². The highest BCUT2D eigenvalue weighted by Crippen LogP contribution is 2.13. The van der Waals surface area contributed by atoms with E-state index in [0.29, 0.717) is 10.7 Å². The fourth-order valence-electron chi connectivity index (χ4n) is 1.49. The predicted octanol–water partition coefficient (Wildman–Crippen LogP) is 0.942. The number of anilines is 2. The summed E-state index contributed by atoms with van der Waals surface area (Å²) < 4.78 is 25.4. The predicted molar refractivity (Wildman–Crippen MR) is 78.6 cm³/mol. The number of carbonyl (C=O) groups excluding carboxylic acids is 1. The van der Waals surface area contributed by atoms with Crippen LogP contribution >= 0.6 is 11.6 Å². The molecule has 0 saturated heterocycles. The van der Waals surface area contributed by atoms with Gasteiger partial charge < -0.3 is 5.32 Å². The molecule has 8 nitrogen and oxygen atoms in total. The van der Waals surface area contributed by atoms with Crippen LogP contribution in [0.2, 0.25) is 5.02 Å². The smallest absolute Gasteiger partial charge is 0.246 e. The molecule has 2 rings (SSSR count). The maximum Gasteiger partial charge on any atom is 0.246 e. The molecule has 0 radical (unpaired) electrons. The third-order valence-electron chi connectivity index (χ3n) is 2.26. The number of amides is 1. The van der Waals surface area contributed by atoms with Crippen LogP contribution in [-0.2, 0) is 21.4 Å². The minimum Gasteiger partial charge on any atom is -0.324 e. The Bertz CT molecular complexity index is 741. The van der Waals surface area contributed by atoms with Crippen molar-refractivity contribution in [1.82, 2.24) is 15.0 Å². The molecule has 0 aliphatic rings. The van der Waals surface area contributed by atoms with Gasteiger partial charge in [-0.05, 0) is 24.3 Å². The molecule has 2 aromatic rings. The Balaban J connectivity index is 1.95. The zero-order chi connectivity index (χ0) is 15.5. The van der Waals surface area contributed by atoms with Crippen molar-refractivity contribution in [2.75, 3.05) is 16.3 Å². The second-order valence-corrected chi connectivity index (χ2v) is 6.42. The Hall–Kier alpha value is -2.13. The van der Waals surface area contributed by atoms with Crippen LogP contribution < -0.4 is 10.0 Å². The highest BCUT2D eigenvalue weighted by molar-refractivity contribution is 7.92. The monoisotopic (exact) mass is 329 g/mol. The summed E-state index contributed by atoms with van der Waals surface area (Å²) in [6.45, 7) is -0.0962. The molecule has 2 N–H and O–H groups in total. The minimum absolute atomic E-state index is 0.0526. The molecule has 0 spiro atoms. The summed E-state index contributed by atoms with van der Waals surface area (Å²) in [5.41, 5.74) is 0.596. The van der Waals surface area contributed by atoms with Crippen LogP contribution in [0.4, 0.5) is 11.5 Å². The Kier molecular flexibility index (Phi) is 4.43. The van der Waals surface area contributed by atoms with Crippen LogP contribution in [0.1, 0.15) is 0 Å². The highest BCUT2D eigenvalue weighted by atomic mass is 35.5. The van der Waals surface area contributed by atoms with Crippen molar-refractivity contribution in [3.05, 3.63) is 35.5 Å². The van der Waals surface area contributed by atoms with Gasteiger partial charge >= 0.3 is 0 Å². The summed E-state index contributed by atoms with van der Waals surface area (Å²) in [7, 11) is -3.42. The molecule has 1 amide bonds. The number of hydrogen-bond donors (Lipinski definition) is 2. The topological polar surface area (TPSA) is 106 Å². The molecule has 0 aliphatic carbocycles. The molecule has 21 heavy (non-hydrogen) atoms. The molecule has 0 saturated carbocycles. The fourth-order valence-corrected chi connectivity index (χ4v) is 2.09. The third-order valence-corrected chi connectivity index (χ3v) is 3.09. The van der Waals surface area contributed by atoms with Crippen LogP contribution in [0.3, 0.4) is 0 Å². The SMILES string of the molecule is CS(=O)(=O)Nc1cn(CC(=O)Nc2ccc(Cl)cc2)nn1. The number of benzene rings is 1. The number of hydrogen-bond acceptors (Lipinski definition) is 5. The molecule has 0 unspecified atom stereocenters.